The molecule has 1 aliphatic rings. The Morgan fingerprint density at radius 2 is 1.81 bits per heavy atom. The van der Waals surface area contributed by atoms with Gasteiger partial charge in [-0.25, -0.2) is 8.42 Å². The zero-order chi connectivity index (χ0) is 15.6. The van der Waals surface area contributed by atoms with Gasteiger partial charge in [0.2, 0.25) is 10.0 Å². The van der Waals surface area contributed by atoms with Gasteiger partial charge in [0.05, 0.1) is 4.90 Å². The molecule has 1 aromatic carbocycles. The fourth-order valence-electron chi connectivity index (χ4n) is 2.39. The first-order chi connectivity index (χ1) is 9.80. The van der Waals surface area contributed by atoms with E-state index >= 15 is 0 Å². The predicted octanol–water partition coefficient (Wildman–Crippen LogP) is 2.36. The van der Waals surface area contributed by atoms with Gasteiger partial charge in [0, 0.05) is 37.8 Å². The number of nitrogens with zero attached hydrogens (tertiary/aromatic N) is 2. The van der Waals surface area contributed by atoms with Gasteiger partial charge >= 0.3 is 0 Å². The summed E-state index contributed by atoms with van der Waals surface area (Å²) in [6, 6.07) is 5.29. The molecule has 1 aromatic rings. The Balaban J connectivity index is 2.11. The minimum atomic E-state index is -3.40. The summed E-state index contributed by atoms with van der Waals surface area (Å²) in [5.41, 5.74) is 2.09. The third-order valence-corrected chi connectivity index (χ3v) is 5.86. The van der Waals surface area contributed by atoms with Crippen LogP contribution in [-0.2, 0) is 10.0 Å². The molecule has 0 saturated carbocycles. The number of piperazine rings is 1. The van der Waals surface area contributed by atoms with E-state index in [1.807, 2.05) is 19.9 Å². The van der Waals surface area contributed by atoms with E-state index in [0.717, 1.165) is 11.1 Å². The SMILES string of the molecule is C=C(Cl)CN1CCN(S(=O)(=O)c2ccc(C)c(C)c2)CC1. The molecular weight excluding hydrogens is 308 g/mol. The van der Waals surface area contributed by atoms with Gasteiger partial charge in [0.1, 0.15) is 0 Å². The van der Waals surface area contributed by atoms with Gasteiger partial charge in [0.25, 0.3) is 0 Å². The molecule has 0 atom stereocenters. The summed E-state index contributed by atoms with van der Waals surface area (Å²) in [6.45, 7) is 10.5. The minimum Gasteiger partial charge on any atom is -0.296 e. The highest BCUT2D eigenvalue weighted by Crippen LogP contribution is 2.20. The first-order valence-corrected chi connectivity index (χ1v) is 8.75. The number of aryl methyl sites for hydroxylation is 2. The first-order valence-electron chi connectivity index (χ1n) is 6.94. The van der Waals surface area contributed by atoms with Gasteiger partial charge in [-0.05, 0) is 37.1 Å². The van der Waals surface area contributed by atoms with E-state index in [0.29, 0.717) is 42.7 Å². The maximum Gasteiger partial charge on any atom is 0.243 e. The summed E-state index contributed by atoms with van der Waals surface area (Å²) in [6.07, 6.45) is 0. The Morgan fingerprint density at radius 1 is 1.19 bits per heavy atom. The lowest BCUT2D eigenvalue weighted by Gasteiger charge is -2.33. The second-order valence-electron chi connectivity index (χ2n) is 5.44. The molecule has 0 aromatic heterocycles. The van der Waals surface area contributed by atoms with Crippen LogP contribution in [0, 0.1) is 13.8 Å². The molecule has 4 nitrogen and oxygen atoms in total. The number of halogens is 1. The van der Waals surface area contributed by atoms with Gasteiger partial charge in [-0.15, -0.1) is 0 Å². The van der Waals surface area contributed by atoms with Crippen molar-refractivity contribution in [3.05, 3.63) is 40.9 Å². The fraction of sp³-hybridized carbons (Fsp3) is 0.467. The largest absolute Gasteiger partial charge is 0.296 e. The number of benzene rings is 1. The topological polar surface area (TPSA) is 40.6 Å². The average molecular weight is 329 g/mol. The minimum absolute atomic E-state index is 0.376. The van der Waals surface area contributed by atoms with Crippen molar-refractivity contribution < 1.29 is 8.42 Å². The van der Waals surface area contributed by atoms with Crippen LogP contribution < -0.4 is 0 Å². The number of hydrogen-bond donors (Lipinski definition) is 0. The second-order valence-corrected chi connectivity index (χ2v) is 7.92. The molecule has 1 fully saturated rings. The molecule has 0 spiro atoms. The average Bonchev–Trinajstić information content (AvgIpc) is 2.41. The second kappa shape index (κ2) is 6.48. The lowest BCUT2D eigenvalue weighted by atomic mass is 10.1. The molecule has 1 heterocycles. The number of sulfonamides is 1. The molecule has 0 radical (unpaired) electrons. The monoisotopic (exact) mass is 328 g/mol. The molecule has 0 amide bonds. The smallest absolute Gasteiger partial charge is 0.243 e. The van der Waals surface area contributed by atoms with Crippen molar-refractivity contribution in [2.45, 2.75) is 18.7 Å². The summed E-state index contributed by atoms with van der Waals surface area (Å²) >= 11 is 5.80. The van der Waals surface area contributed by atoms with Crippen molar-refractivity contribution in [2.75, 3.05) is 32.7 Å². The zero-order valence-electron chi connectivity index (χ0n) is 12.5. The third kappa shape index (κ3) is 3.86. The van der Waals surface area contributed by atoms with Gasteiger partial charge in [-0.3, -0.25) is 4.90 Å². The molecule has 0 unspecified atom stereocenters. The van der Waals surface area contributed by atoms with Gasteiger partial charge in [-0.1, -0.05) is 24.2 Å². The van der Waals surface area contributed by atoms with Gasteiger partial charge < -0.3 is 0 Å². The van der Waals surface area contributed by atoms with Crippen LogP contribution in [0.25, 0.3) is 0 Å². The summed E-state index contributed by atoms with van der Waals surface area (Å²) in [5.74, 6) is 0. The Morgan fingerprint density at radius 3 is 2.33 bits per heavy atom. The van der Waals surface area contributed by atoms with Crippen molar-refractivity contribution in [1.82, 2.24) is 9.21 Å². The van der Waals surface area contributed by atoms with Crippen LogP contribution in [0.2, 0.25) is 0 Å². The van der Waals surface area contributed by atoms with E-state index in [1.54, 1.807) is 16.4 Å². The van der Waals surface area contributed by atoms with E-state index in [4.69, 9.17) is 11.6 Å². The summed E-state index contributed by atoms with van der Waals surface area (Å²) in [5, 5.41) is 0.584. The van der Waals surface area contributed by atoms with Crippen molar-refractivity contribution >= 4 is 21.6 Å². The van der Waals surface area contributed by atoms with Crippen LogP contribution in [0.3, 0.4) is 0 Å². The summed E-state index contributed by atoms with van der Waals surface area (Å²) in [4.78, 5) is 2.49. The fourth-order valence-corrected chi connectivity index (χ4v) is 4.07. The Kier molecular flexibility index (Phi) is 5.09. The van der Waals surface area contributed by atoms with Crippen LogP contribution in [0.4, 0.5) is 0 Å². The molecule has 0 aliphatic carbocycles. The highest BCUT2D eigenvalue weighted by molar-refractivity contribution is 7.89. The lowest BCUT2D eigenvalue weighted by Crippen LogP contribution is -2.48. The number of rotatable bonds is 4. The summed E-state index contributed by atoms with van der Waals surface area (Å²) in [7, 11) is -3.40. The van der Waals surface area contributed by atoms with Crippen molar-refractivity contribution in [3.8, 4) is 0 Å². The normalized spacial score (nSPS) is 17.9. The quantitative estimate of drug-likeness (QED) is 0.852. The third-order valence-electron chi connectivity index (χ3n) is 3.84. The highest BCUT2D eigenvalue weighted by atomic mass is 35.5. The van der Waals surface area contributed by atoms with E-state index in [-0.39, 0.29) is 0 Å². The molecule has 116 valence electrons. The van der Waals surface area contributed by atoms with Crippen LogP contribution >= 0.6 is 11.6 Å². The predicted molar refractivity (Wildman–Crippen MR) is 86.1 cm³/mol. The maximum atomic E-state index is 12.6. The summed E-state index contributed by atoms with van der Waals surface area (Å²) < 4.78 is 26.8. The molecule has 6 heteroatoms. The Bertz CT molecular complexity index is 635. The zero-order valence-corrected chi connectivity index (χ0v) is 14.0. The Hall–Kier alpha value is -0.880. The van der Waals surface area contributed by atoms with E-state index in [2.05, 4.69) is 11.5 Å². The van der Waals surface area contributed by atoms with Gasteiger partial charge in [-0.2, -0.15) is 4.31 Å². The molecule has 0 N–H and O–H groups in total. The van der Waals surface area contributed by atoms with Crippen molar-refractivity contribution in [1.29, 1.82) is 0 Å². The molecule has 2 rings (SSSR count). The maximum absolute atomic E-state index is 12.6. The van der Waals surface area contributed by atoms with E-state index < -0.39 is 10.0 Å². The lowest BCUT2D eigenvalue weighted by molar-refractivity contribution is 0.203. The van der Waals surface area contributed by atoms with Crippen molar-refractivity contribution in [2.24, 2.45) is 0 Å². The van der Waals surface area contributed by atoms with E-state index in [1.165, 1.54) is 0 Å². The highest BCUT2D eigenvalue weighted by Gasteiger charge is 2.28. The van der Waals surface area contributed by atoms with Gasteiger partial charge in [0.15, 0.2) is 0 Å². The number of hydrogen-bond acceptors (Lipinski definition) is 3. The molecule has 1 saturated heterocycles. The molecular formula is C15H21ClN2O2S. The van der Waals surface area contributed by atoms with Crippen molar-refractivity contribution in [3.63, 3.8) is 0 Å². The molecule has 21 heavy (non-hydrogen) atoms. The first kappa shape index (κ1) is 16.5. The van der Waals surface area contributed by atoms with Crippen LogP contribution in [0.15, 0.2) is 34.7 Å². The standard InChI is InChI=1S/C15H21ClN2O2S/c1-12-4-5-15(10-13(12)2)21(19,20)18-8-6-17(7-9-18)11-14(3)16/h4-5,10H,3,6-9,11H2,1-2H3. The van der Waals surface area contributed by atoms with E-state index in [9.17, 15) is 8.42 Å². The van der Waals surface area contributed by atoms with Crippen LogP contribution in [0.1, 0.15) is 11.1 Å². The molecule has 1 aliphatic heterocycles. The molecule has 0 bridgehead atoms. The Labute approximate surface area is 132 Å². The van der Waals surface area contributed by atoms with Crippen LogP contribution in [-0.4, -0.2) is 50.3 Å². The van der Waals surface area contributed by atoms with Crippen LogP contribution in [0.5, 0.6) is 0 Å².